The molecule has 2 aliphatic rings. The number of halogens is 2. The van der Waals surface area contributed by atoms with E-state index in [1.807, 2.05) is 36.4 Å². The molecule has 2 saturated heterocycles. The first kappa shape index (κ1) is 21.4. The van der Waals surface area contributed by atoms with Gasteiger partial charge in [-0.3, -0.25) is 14.6 Å². The number of morpholine rings is 1. The first-order chi connectivity index (χ1) is 15.0. The van der Waals surface area contributed by atoms with Gasteiger partial charge in [-0.25, -0.2) is 13.6 Å². The number of hydrogen-bond donors (Lipinski definition) is 0. The lowest BCUT2D eigenvalue weighted by molar-refractivity contribution is -0.126. The summed E-state index contributed by atoms with van der Waals surface area (Å²) in [5.41, 5.74) is 4.29. The predicted molar refractivity (Wildman–Crippen MR) is 111 cm³/mol. The number of carbonyl (C=O) groups excluding carboxylic acids is 2. The second-order valence-corrected chi connectivity index (χ2v) is 7.78. The Balaban J connectivity index is 1.44. The number of ether oxygens (including phenoxy) is 1. The summed E-state index contributed by atoms with van der Waals surface area (Å²) in [7, 11) is 0. The molecule has 2 fully saturated rings. The van der Waals surface area contributed by atoms with Crippen molar-refractivity contribution in [2.45, 2.75) is 19.5 Å². The van der Waals surface area contributed by atoms with Crippen LogP contribution in [0.25, 0.3) is 11.1 Å². The van der Waals surface area contributed by atoms with Crippen LogP contribution in [0.3, 0.4) is 0 Å². The molecule has 164 valence electrons. The highest BCUT2D eigenvalue weighted by Crippen LogP contribution is 2.26. The minimum absolute atomic E-state index is 0.171. The number of hydrogen-bond acceptors (Lipinski definition) is 4. The normalized spacial score (nSPS) is 17.8. The summed E-state index contributed by atoms with van der Waals surface area (Å²) in [6.45, 7) is 3.37. The van der Waals surface area contributed by atoms with Gasteiger partial charge in [0, 0.05) is 26.2 Å². The van der Waals surface area contributed by atoms with Gasteiger partial charge in [0.2, 0.25) is 0 Å². The average Bonchev–Trinajstić information content (AvgIpc) is 3.02. The minimum atomic E-state index is -2.73. The van der Waals surface area contributed by atoms with Gasteiger partial charge in [-0.1, -0.05) is 48.5 Å². The monoisotopic (exact) mass is 429 g/mol. The summed E-state index contributed by atoms with van der Waals surface area (Å²) < 4.78 is 30.6. The molecule has 0 atom stereocenters. The van der Waals surface area contributed by atoms with Crippen molar-refractivity contribution in [2.24, 2.45) is 0 Å². The third-order valence-electron chi connectivity index (χ3n) is 5.60. The van der Waals surface area contributed by atoms with Gasteiger partial charge in [0.1, 0.15) is 6.54 Å². The second kappa shape index (κ2) is 9.53. The molecule has 0 bridgehead atoms. The highest BCUT2D eigenvalue weighted by atomic mass is 19.3. The summed E-state index contributed by atoms with van der Waals surface area (Å²) in [6.07, 6.45) is -2.73. The fourth-order valence-corrected chi connectivity index (χ4v) is 3.99. The molecule has 0 saturated carbocycles. The Bertz CT molecular complexity index is 930. The van der Waals surface area contributed by atoms with E-state index in [1.165, 1.54) is 10.5 Å². The van der Waals surface area contributed by atoms with Crippen LogP contribution >= 0.6 is 0 Å². The van der Waals surface area contributed by atoms with Crippen molar-refractivity contribution in [1.29, 1.82) is 0 Å². The topological polar surface area (TPSA) is 53.1 Å². The first-order valence-corrected chi connectivity index (χ1v) is 10.4. The average molecular weight is 429 g/mol. The van der Waals surface area contributed by atoms with Gasteiger partial charge in [-0.2, -0.15) is 0 Å². The molecule has 2 aliphatic heterocycles. The maximum Gasteiger partial charge on any atom is 0.327 e. The van der Waals surface area contributed by atoms with E-state index >= 15 is 0 Å². The number of benzene rings is 2. The molecule has 4 rings (SSSR count). The Hall–Kier alpha value is -2.84. The van der Waals surface area contributed by atoms with Gasteiger partial charge in [-0.15, -0.1) is 0 Å². The minimum Gasteiger partial charge on any atom is -0.379 e. The standard InChI is InChI=1S/C23H25F2N3O3/c24-21(25)15-28-22(29)16-27(23(28)30)13-17-5-7-18(8-6-17)20-4-2-1-3-19(20)14-26-9-11-31-12-10-26/h1-8,21H,9-16H2. The van der Waals surface area contributed by atoms with Crippen molar-refractivity contribution in [3.05, 3.63) is 59.7 Å². The van der Waals surface area contributed by atoms with Crippen molar-refractivity contribution in [3.63, 3.8) is 0 Å². The van der Waals surface area contributed by atoms with Crippen LogP contribution in [0.5, 0.6) is 0 Å². The van der Waals surface area contributed by atoms with Crippen molar-refractivity contribution < 1.29 is 23.1 Å². The Morgan fingerprint density at radius 2 is 1.65 bits per heavy atom. The van der Waals surface area contributed by atoms with E-state index < -0.39 is 24.9 Å². The van der Waals surface area contributed by atoms with Crippen molar-refractivity contribution >= 4 is 11.9 Å². The first-order valence-electron chi connectivity index (χ1n) is 10.4. The van der Waals surface area contributed by atoms with Crippen LogP contribution in [0.15, 0.2) is 48.5 Å². The van der Waals surface area contributed by atoms with Crippen molar-refractivity contribution in [2.75, 3.05) is 39.4 Å². The largest absolute Gasteiger partial charge is 0.379 e. The number of urea groups is 1. The number of imide groups is 1. The van der Waals surface area contributed by atoms with E-state index in [0.29, 0.717) is 4.90 Å². The van der Waals surface area contributed by atoms with Gasteiger partial charge in [0.25, 0.3) is 12.3 Å². The molecular weight excluding hydrogens is 404 g/mol. The molecule has 0 aromatic heterocycles. The van der Waals surface area contributed by atoms with Crippen LogP contribution in [0.2, 0.25) is 0 Å². The number of amides is 3. The molecule has 2 aromatic carbocycles. The summed E-state index contributed by atoms with van der Waals surface area (Å²) in [5.74, 6) is -0.584. The number of nitrogens with zero attached hydrogens (tertiary/aromatic N) is 3. The fraction of sp³-hybridized carbons (Fsp3) is 0.391. The molecule has 0 radical (unpaired) electrons. The SMILES string of the molecule is O=C1CN(Cc2ccc(-c3ccccc3CN3CCOCC3)cc2)C(=O)N1CC(F)F. The predicted octanol–water partition coefficient (Wildman–Crippen LogP) is 3.22. The van der Waals surface area contributed by atoms with Crippen molar-refractivity contribution in [3.8, 4) is 11.1 Å². The third kappa shape index (κ3) is 5.08. The molecule has 0 N–H and O–H groups in total. The van der Waals surface area contributed by atoms with Crippen LogP contribution in [0, 0.1) is 0 Å². The Labute approximate surface area is 180 Å². The van der Waals surface area contributed by atoms with E-state index in [4.69, 9.17) is 4.74 Å². The molecule has 0 aliphatic carbocycles. The van der Waals surface area contributed by atoms with E-state index in [9.17, 15) is 18.4 Å². The van der Waals surface area contributed by atoms with Gasteiger partial charge >= 0.3 is 6.03 Å². The summed E-state index contributed by atoms with van der Waals surface area (Å²) >= 11 is 0. The van der Waals surface area contributed by atoms with Gasteiger partial charge < -0.3 is 9.64 Å². The second-order valence-electron chi connectivity index (χ2n) is 7.78. The zero-order valence-corrected chi connectivity index (χ0v) is 17.2. The van der Waals surface area contributed by atoms with Gasteiger partial charge in [-0.05, 0) is 22.3 Å². The van der Waals surface area contributed by atoms with E-state index in [2.05, 4.69) is 17.0 Å². The third-order valence-corrected chi connectivity index (χ3v) is 5.60. The van der Waals surface area contributed by atoms with Crippen LogP contribution in [0.4, 0.5) is 13.6 Å². The van der Waals surface area contributed by atoms with E-state index in [-0.39, 0.29) is 13.1 Å². The maximum atomic E-state index is 12.6. The van der Waals surface area contributed by atoms with Crippen molar-refractivity contribution in [1.82, 2.24) is 14.7 Å². The molecule has 0 spiro atoms. The van der Waals surface area contributed by atoms with Crippen LogP contribution in [-0.4, -0.2) is 72.5 Å². The number of rotatable bonds is 7. The number of carbonyl (C=O) groups is 2. The molecular formula is C23H25F2N3O3. The lowest BCUT2D eigenvalue weighted by Gasteiger charge is -2.27. The Kier molecular flexibility index (Phi) is 6.58. The number of alkyl halides is 2. The van der Waals surface area contributed by atoms with E-state index in [0.717, 1.165) is 49.5 Å². The molecule has 0 unspecified atom stereocenters. The molecule has 6 nitrogen and oxygen atoms in total. The van der Waals surface area contributed by atoms with Crippen LogP contribution < -0.4 is 0 Å². The summed E-state index contributed by atoms with van der Waals surface area (Å²) in [5, 5.41) is 0. The molecule has 2 aromatic rings. The van der Waals surface area contributed by atoms with Gasteiger partial charge in [0.15, 0.2) is 0 Å². The molecule has 31 heavy (non-hydrogen) atoms. The fourth-order valence-electron chi connectivity index (χ4n) is 3.99. The Morgan fingerprint density at radius 3 is 2.35 bits per heavy atom. The maximum absolute atomic E-state index is 12.6. The highest BCUT2D eigenvalue weighted by molar-refractivity contribution is 6.02. The highest BCUT2D eigenvalue weighted by Gasteiger charge is 2.37. The molecule has 3 amide bonds. The lowest BCUT2D eigenvalue weighted by atomic mass is 9.98. The lowest BCUT2D eigenvalue weighted by Crippen LogP contribution is -2.36. The quantitative estimate of drug-likeness (QED) is 0.635. The summed E-state index contributed by atoms with van der Waals surface area (Å²) in [4.78, 5) is 28.4. The molecule has 8 heteroatoms. The summed E-state index contributed by atoms with van der Waals surface area (Å²) in [6, 6.07) is 15.4. The zero-order chi connectivity index (χ0) is 21.8. The Morgan fingerprint density at radius 1 is 0.935 bits per heavy atom. The van der Waals surface area contributed by atoms with E-state index in [1.54, 1.807) is 0 Å². The molecule has 2 heterocycles. The zero-order valence-electron chi connectivity index (χ0n) is 17.2. The van der Waals surface area contributed by atoms with Crippen LogP contribution in [0.1, 0.15) is 11.1 Å². The van der Waals surface area contributed by atoms with Crippen LogP contribution in [-0.2, 0) is 22.6 Å². The smallest absolute Gasteiger partial charge is 0.327 e. The van der Waals surface area contributed by atoms with Gasteiger partial charge in [0.05, 0.1) is 19.8 Å².